The Labute approximate surface area is 153 Å². The van der Waals surface area contributed by atoms with Crippen LogP contribution in [-0.2, 0) is 11.3 Å². The van der Waals surface area contributed by atoms with E-state index in [1.165, 1.54) is 0 Å². The summed E-state index contributed by atoms with van der Waals surface area (Å²) < 4.78 is 0. The van der Waals surface area contributed by atoms with Crippen molar-refractivity contribution in [2.75, 3.05) is 18.0 Å². The van der Waals surface area contributed by atoms with Crippen molar-refractivity contribution in [1.29, 1.82) is 0 Å². The molecule has 1 aliphatic heterocycles. The molecular formula is C19H23ClN4O. The van der Waals surface area contributed by atoms with E-state index in [1.807, 2.05) is 44.2 Å². The van der Waals surface area contributed by atoms with E-state index in [4.69, 9.17) is 11.6 Å². The molecule has 1 atom stereocenters. The zero-order chi connectivity index (χ0) is 17.8. The Bertz CT molecular complexity index is 727. The van der Waals surface area contributed by atoms with Gasteiger partial charge in [0.2, 0.25) is 11.9 Å². The molecule has 0 saturated carbocycles. The largest absolute Gasteiger partial charge is 0.352 e. The molecule has 2 aromatic rings. The number of nitrogens with zero attached hydrogens (tertiary/aromatic N) is 3. The van der Waals surface area contributed by atoms with Crippen LogP contribution in [0.5, 0.6) is 0 Å². The summed E-state index contributed by atoms with van der Waals surface area (Å²) in [6.45, 7) is 6.02. The lowest BCUT2D eigenvalue weighted by molar-refractivity contribution is -0.125. The first-order chi connectivity index (χ1) is 12.0. The van der Waals surface area contributed by atoms with E-state index in [-0.39, 0.29) is 11.8 Å². The molecule has 1 amide bonds. The van der Waals surface area contributed by atoms with Gasteiger partial charge in [-0.05, 0) is 50.5 Å². The number of benzene rings is 1. The highest BCUT2D eigenvalue weighted by molar-refractivity contribution is 6.30. The van der Waals surface area contributed by atoms with Gasteiger partial charge in [-0.3, -0.25) is 4.79 Å². The maximum atomic E-state index is 12.5. The number of nitrogens with one attached hydrogen (secondary N) is 1. The van der Waals surface area contributed by atoms with E-state index >= 15 is 0 Å². The molecule has 3 rings (SSSR count). The number of piperidine rings is 1. The molecule has 0 aliphatic carbocycles. The zero-order valence-electron chi connectivity index (χ0n) is 14.6. The van der Waals surface area contributed by atoms with Crippen molar-refractivity contribution in [3.05, 3.63) is 52.3 Å². The highest BCUT2D eigenvalue weighted by atomic mass is 35.5. The molecule has 25 heavy (non-hydrogen) atoms. The third-order valence-electron chi connectivity index (χ3n) is 4.43. The van der Waals surface area contributed by atoms with Crippen molar-refractivity contribution in [3.8, 4) is 0 Å². The van der Waals surface area contributed by atoms with Crippen molar-refractivity contribution in [2.24, 2.45) is 5.92 Å². The minimum atomic E-state index is -0.0366. The van der Waals surface area contributed by atoms with Crippen LogP contribution in [0, 0.1) is 19.8 Å². The molecular weight excluding hydrogens is 336 g/mol. The van der Waals surface area contributed by atoms with E-state index in [1.54, 1.807) is 0 Å². The van der Waals surface area contributed by atoms with Gasteiger partial charge in [-0.1, -0.05) is 23.7 Å². The molecule has 6 heteroatoms. The number of amides is 1. The lowest BCUT2D eigenvalue weighted by Gasteiger charge is -2.32. The minimum Gasteiger partial charge on any atom is -0.352 e. The fourth-order valence-electron chi connectivity index (χ4n) is 3.16. The fourth-order valence-corrected chi connectivity index (χ4v) is 3.28. The summed E-state index contributed by atoms with van der Waals surface area (Å²) >= 11 is 5.89. The summed E-state index contributed by atoms with van der Waals surface area (Å²) in [7, 11) is 0. The second kappa shape index (κ2) is 7.83. The average molecular weight is 359 g/mol. The summed E-state index contributed by atoms with van der Waals surface area (Å²) in [6.07, 6.45) is 1.86. The Balaban J connectivity index is 1.60. The number of carbonyl (C=O) groups excluding carboxylic acids is 1. The molecule has 1 aromatic carbocycles. The monoisotopic (exact) mass is 358 g/mol. The summed E-state index contributed by atoms with van der Waals surface area (Å²) in [4.78, 5) is 23.7. The Morgan fingerprint density at radius 1 is 1.24 bits per heavy atom. The number of anilines is 1. The van der Waals surface area contributed by atoms with Gasteiger partial charge in [0, 0.05) is 36.0 Å². The van der Waals surface area contributed by atoms with Crippen molar-refractivity contribution in [3.63, 3.8) is 0 Å². The maximum absolute atomic E-state index is 12.5. The first-order valence-corrected chi connectivity index (χ1v) is 8.98. The molecule has 0 spiro atoms. The molecule has 0 unspecified atom stereocenters. The Hall–Kier alpha value is -2.14. The van der Waals surface area contributed by atoms with Crippen LogP contribution in [0.2, 0.25) is 5.02 Å². The van der Waals surface area contributed by atoms with E-state index in [0.29, 0.717) is 18.1 Å². The van der Waals surface area contributed by atoms with Gasteiger partial charge in [0.05, 0.1) is 5.92 Å². The quantitative estimate of drug-likeness (QED) is 0.911. The summed E-state index contributed by atoms with van der Waals surface area (Å²) in [6, 6.07) is 9.49. The number of carbonyl (C=O) groups is 1. The number of halogens is 1. The molecule has 1 fully saturated rings. The van der Waals surface area contributed by atoms with Crippen molar-refractivity contribution in [1.82, 2.24) is 15.3 Å². The number of aryl methyl sites for hydroxylation is 2. The van der Waals surface area contributed by atoms with Gasteiger partial charge >= 0.3 is 0 Å². The van der Waals surface area contributed by atoms with Gasteiger partial charge in [-0.2, -0.15) is 0 Å². The Morgan fingerprint density at radius 2 is 1.92 bits per heavy atom. The van der Waals surface area contributed by atoms with Crippen molar-refractivity contribution in [2.45, 2.75) is 33.2 Å². The molecule has 0 bridgehead atoms. The van der Waals surface area contributed by atoms with Crippen LogP contribution < -0.4 is 10.2 Å². The lowest BCUT2D eigenvalue weighted by atomic mass is 9.97. The normalized spacial score (nSPS) is 17.4. The number of aromatic nitrogens is 2. The van der Waals surface area contributed by atoms with Crippen LogP contribution >= 0.6 is 11.6 Å². The standard InChI is InChI=1S/C19H23ClN4O/c1-13-10-14(2)23-19(22-13)24-9-3-4-16(12-24)18(25)21-11-15-5-7-17(20)8-6-15/h5-8,10,16H,3-4,9,11-12H2,1-2H3,(H,21,25)/t16-/m1/s1. The second-order valence-corrected chi connectivity index (χ2v) is 7.02. The first kappa shape index (κ1) is 17.7. The van der Waals surface area contributed by atoms with E-state index in [9.17, 15) is 4.79 Å². The molecule has 1 aliphatic rings. The highest BCUT2D eigenvalue weighted by Crippen LogP contribution is 2.21. The molecule has 2 heterocycles. The molecule has 0 radical (unpaired) electrons. The van der Waals surface area contributed by atoms with Gasteiger partial charge < -0.3 is 10.2 Å². The van der Waals surface area contributed by atoms with Crippen LogP contribution in [-0.4, -0.2) is 29.0 Å². The third-order valence-corrected chi connectivity index (χ3v) is 4.68. The van der Waals surface area contributed by atoms with E-state index in [0.717, 1.165) is 42.3 Å². The molecule has 5 nitrogen and oxygen atoms in total. The predicted molar refractivity (Wildman–Crippen MR) is 99.7 cm³/mol. The number of rotatable bonds is 4. The zero-order valence-corrected chi connectivity index (χ0v) is 15.4. The van der Waals surface area contributed by atoms with Crippen LogP contribution in [0.15, 0.2) is 30.3 Å². The smallest absolute Gasteiger partial charge is 0.225 e. The minimum absolute atomic E-state index is 0.0366. The Morgan fingerprint density at radius 3 is 2.60 bits per heavy atom. The van der Waals surface area contributed by atoms with E-state index in [2.05, 4.69) is 20.2 Å². The number of hydrogen-bond donors (Lipinski definition) is 1. The van der Waals surface area contributed by atoms with Gasteiger partial charge in [0.15, 0.2) is 0 Å². The molecule has 132 valence electrons. The summed E-state index contributed by atoms with van der Waals surface area (Å²) in [5.74, 6) is 0.780. The Kier molecular flexibility index (Phi) is 5.53. The van der Waals surface area contributed by atoms with Crippen molar-refractivity contribution >= 4 is 23.5 Å². The van der Waals surface area contributed by atoms with E-state index < -0.39 is 0 Å². The van der Waals surface area contributed by atoms with Crippen molar-refractivity contribution < 1.29 is 4.79 Å². The molecule has 1 N–H and O–H groups in total. The fraction of sp³-hybridized carbons (Fsp3) is 0.421. The van der Waals surface area contributed by atoms with Gasteiger partial charge in [0.1, 0.15) is 0 Å². The van der Waals surface area contributed by atoms with Crippen LogP contribution in [0.4, 0.5) is 5.95 Å². The predicted octanol–water partition coefficient (Wildman–Crippen LogP) is 3.28. The van der Waals surface area contributed by atoms with Gasteiger partial charge in [-0.25, -0.2) is 9.97 Å². The maximum Gasteiger partial charge on any atom is 0.225 e. The first-order valence-electron chi connectivity index (χ1n) is 8.60. The van der Waals surface area contributed by atoms with Crippen LogP contribution in [0.3, 0.4) is 0 Å². The van der Waals surface area contributed by atoms with Gasteiger partial charge in [-0.15, -0.1) is 0 Å². The van der Waals surface area contributed by atoms with Crippen LogP contribution in [0.25, 0.3) is 0 Å². The summed E-state index contributed by atoms with van der Waals surface area (Å²) in [5, 5.41) is 3.73. The molecule has 1 aromatic heterocycles. The van der Waals surface area contributed by atoms with Crippen LogP contribution in [0.1, 0.15) is 29.8 Å². The van der Waals surface area contributed by atoms with Gasteiger partial charge in [0.25, 0.3) is 0 Å². The number of hydrogen-bond acceptors (Lipinski definition) is 4. The topological polar surface area (TPSA) is 58.1 Å². The lowest BCUT2D eigenvalue weighted by Crippen LogP contribution is -2.43. The highest BCUT2D eigenvalue weighted by Gasteiger charge is 2.27. The SMILES string of the molecule is Cc1cc(C)nc(N2CCC[C@@H](C(=O)NCc3ccc(Cl)cc3)C2)n1. The molecule has 1 saturated heterocycles. The third kappa shape index (κ3) is 4.69. The second-order valence-electron chi connectivity index (χ2n) is 6.58. The average Bonchev–Trinajstić information content (AvgIpc) is 2.60. The summed E-state index contributed by atoms with van der Waals surface area (Å²) in [5.41, 5.74) is 2.96.